The van der Waals surface area contributed by atoms with E-state index in [1.54, 1.807) is 0 Å². The Morgan fingerprint density at radius 1 is 1.07 bits per heavy atom. The minimum absolute atomic E-state index is 0.0654. The van der Waals surface area contributed by atoms with Crippen LogP contribution in [0, 0.1) is 12.3 Å². The van der Waals surface area contributed by atoms with Gasteiger partial charge in [-0.15, -0.1) is 0 Å². The van der Waals surface area contributed by atoms with Crippen LogP contribution in [0.2, 0.25) is 0 Å². The first kappa shape index (κ1) is 20.0. The Kier molecular flexibility index (Phi) is 5.64. The second-order valence-corrected chi connectivity index (χ2v) is 9.07. The normalized spacial score (nSPS) is 21.2. The number of aryl methyl sites for hydroxylation is 1. The second kappa shape index (κ2) is 8.19. The molecule has 2 aromatic carbocycles. The van der Waals surface area contributed by atoms with E-state index < -0.39 is 0 Å². The van der Waals surface area contributed by atoms with Crippen LogP contribution in [0.1, 0.15) is 49.4 Å². The third-order valence-electron chi connectivity index (χ3n) is 6.80. The highest BCUT2D eigenvalue weighted by atomic mass is 16.2. The molecule has 2 fully saturated rings. The summed E-state index contributed by atoms with van der Waals surface area (Å²) >= 11 is 0. The van der Waals surface area contributed by atoms with E-state index in [0.717, 1.165) is 38.0 Å². The van der Waals surface area contributed by atoms with Gasteiger partial charge in [-0.1, -0.05) is 60.2 Å². The van der Waals surface area contributed by atoms with Gasteiger partial charge >= 0.3 is 6.03 Å². The molecule has 4 heteroatoms. The van der Waals surface area contributed by atoms with Gasteiger partial charge in [-0.05, 0) is 44.7 Å². The van der Waals surface area contributed by atoms with Crippen molar-refractivity contribution in [2.45, 2.75) is 52.2 Å². The van der Waals surface area contributed by atoms with Crippen LogP contribution in [0.3, 0.4) is 0 Å². The number of rotatable bonds is 4. The maximum atomic E-state index is 12.7. The molecule has 4 rings (SSSR count). The van der Waals surface area contributed by atoms with Gasteiger partial charge in [0.15, 0.2) is 0 Å². The molecule has 4 nitrogen and oxygen atoms in total. The van der Waals surface area contributed by atoms with Crippen molar-refractivity contribution >= 4 is 6.03 Å². The minimum Gasteiger partial charge on any atom is -0.334 e. The Labute approximate surface area is 174 Å². The SMILES string of the molecule is Cc1ccc(C2N(C(C)C)CC23CCN(C(=O)NCc2ccccc2)CC3)cc1. The fourth-order valence-corrected chi connectivity index (χ4v) is 5.03. The first-order valence-corrected chi connectivity index (χ1v) is 10.9. The summed E-state index contributed by atoms with van der Waals surface area (Å²) < 4.78 is 0. The largest absolute Gasteiger partial charge is 0.334 e. The maximum Gasteiger partial charge on any atom is 0.317 e. The second-order valence-electron chi connectivity index (χ2n) is 9.07. The Balaban J connectivity index is 1.39. The smallest absolute Gasteiger partial charge is 0.317 e. The van der Waals surface area contributed by atoms with Crippen molar-refractivity contribution in [2.75, 3.05) is 19.6 Å². The van der Waals surface area contributed by atoms with Crippen LogP contribution in [-0.2, 0) is 6.54 Å². The lowest BCUT2D eigenvalue weighted by atomic mass is 9.62. The number of nitrogens with zero attached hydrogens (tertiary/aromatic N) is 2. The summed E-state index contributed by atoms with van der Waals surface area (Å²) in [6.45, 7) is 10.1. The summed E-state index contributed by atoms with van der Waals surface area (Å²) in [6, 6.07) is 20.2. The van der Waals surface area contributed by atoms with Gasteiger partial charge in [-0.25, -0.2) is 4.79 Å². The Bertz CT molecular complexity index is 823. The van der Waals surface area contributed by atoms with Crippen molar-refractivity contribution in [1.29, 1.82) is 0 Å². The Morgan fingerprint density at radius 2 is 1.72 bits per heavy atom. The summed E-state index contributed by atoms with van der Waals surface area (Å²) in [5.41, 5.74) is 4.18. The fraction of sp³-hybridized carbons (Fsp3) is 0.480. The van der Waals surface area contributed by atoms with Crippen LogP contribution in [0.25, 0.3) is 0 Å². The van der Waals surface area contributed by atoms with Crippen LogP contribution in [0.4, 0.5) is 4.79 Å². The zero-order chi connectivity index (χ0) is 20.4. The van der Waals surface area contributed by atoms with Crippen LogP contribution in [0.15, 0.2) is 54.6 Å². The molecule has 1 atom stereocenters. The van der Waals surface area contributed by atoms with Gasteiger partial charge in [0.2, 0.25) is 0 Å². The predicted molar refractivity (Wildman–Crippen MR) is 118 cm³/mol. The van der Waals surface area contributed by atoms with Crippen molar-refractivity contribution in [2.24, 2.45) is 5.41 Å². The molecule has 154 valence electrons. The highest BCUT2D eigenvalue weighted by molar-refractivity contribution is 5.74. The van der Waals surface area contributed by atoms with E-state index >= 15 is 0 Å². The van der Waals surface area contributed by atoms with E-state index in [1.807, 2.05) is 35.2 Å². The highest BCUT2D eigenvalue weighted by Crippen LogP contribution is 2.55. The van der Waals surface area contributed by atoms with Crippen molar-refractivity contribution in [3.05, 3.63) is 71.3 Å². The van der Waals surface area contributed by atoms with Crippen LogP contribution in [0.5, 0.6) is 0 Å². The summed E-state index contributed by atoms with van der Waals surface area (Å²) in [7, 11) is 0. The average molecular weight is 392 g/mol. The van der Waals surface area contributed by atoms with E-state index in [2.05, 4.69) is 55.3 Å². The predicted octanol–water partition coefficient (Wildman–Crippen LogP) is 4.75. The van der Waals surface area contributed by atoms with E-state index in [4.69, 9.17) is 0 Å². The number of likely N-dealkylation sites (tertiary alicyclic amines) is 2. The molecule has 2 heterocycles. The number of carbonyl (C=O) groups excluding carboxylic acids is 1. The van der Waals surface area contributed by atoms with E-state index in [1.165, 1.54) is 11.1 Å². The van der Waals surface area contributed by atoms with Crippen molar-refractivity contribution in [3.8, 4) is 0 Å². The highest BCUT2D eigenvalue weighted by Gasteiger charge is 2.54. The molecule has 2 aliphatic heterocycles. The number of nitrogens with one attached hydrogen (secondary N) is 1. The molecule has 0 aliphatic carbocycles. The van der Waals surface area contributed by atoms with Crippen LogP contribution in [-0.4, -0.2) is 41.5 Å². The zero-order valence-electron chi connectivity index (χ0n) is 17.9. The Morgan fingerprint density at radius 3 is 2.34 bits per heavy atom. The number of carbonyl (C=O) groups is 1. The molecular formula is C25H33N3O. The molecule has 2 saturated heterocycles. The zero-order valence-corrected chi connectivity index (χ0v) is 17.9. The van der Waals surface area contributed by atoms with Gasteiger partial charge in [-0.3, -0.25) is 4.90 Å². The fourth-order valence-electron chi connectivity index (χ4n) is 5.03. The number of hydrogen-bond donors (Lipinski definition) is 1. The standard InChI is InChI=1S/C25H33N3O/c1-19(2)28-18-25(23(28)22-11-9-20(3)10-12-22)13-15-27(16-14-25)24(29)26-17-21-7-5-4-6-8-21/h4-12,19,23H,13-18H2,1-3H3,(H,26,29). The number of amides is 2. The average Bonchev–Trinajstić information content (AvgIpc) is 2.73. The molecule has 29 heavy (non-hydrogen) atoms. The molecule has 0 radical (unpaired) electrons. The van der Waals surface area contributed by atoms with Gasteiger partial charge in [0.25, 0.3) is 0 Å². The summed E-state index contributed by atoms with van der Waals surface area (Å²) in [4.78, 5) is 17.3. The summed E-state index contributed by atoms with van der Waals surface area (Å²) in [5, 5.41) is 3.08. The molecule has 2 aromatic rings. The van der Waals surface area contributed by atoms with E-state index in [0.29, 0.717) is 24.0 Å². The van der Waals surface area contributed by atoms with Crippen LogP contribution < -0.4 is 5.32 Å². The molecule has 0 bridgehead atoms. The number of hydrogen-bond acceptors (Lipinski definition) is 2. The van der Waals surface area contributed by atoms with Gasteiger partial charge in [0.1, 0.15) is 0 Å². The molecule has 2 aliphatic rings. The van der Waals surface area contributed by atoms with Gasteiger partial charge < -0.3 is 10.2 Å². The lowest BCUT2D eigenvalue weighted by molar-refractivity contribution is -0.123. The molecule has 1 N–H and O–H groups in total. The third-order valence-corrected chi connectivity index (χ3v) is 6.80. The van der Waals surface area contributed by atoms with Gasteiger partial charge in [0, 0.05) is 43.7 Å². The molecule has 2 amide bonds. The topological polar surface area (TPSA) is 35.6 Å². The third kappa shape index (κ3) is 4.04. The minimum atomic E-state index is 0.0654. The van der Waals surface area contributed by atoms with Crippen LogP contribution >= 0.6 is 0 Å². The number of benzene rings is 2. The summed E-state index contributed by atoms with van der Waals surface area (Å²) in [6.07, 6.45) is 2.15. The van der Waals surface area contributed by atoms with Crippen molar-refractivity contribution in [3.63, 3.8) is 0 Å². The van der Waals surface area contributed by atoms with Crippen molar-refractivity contribution < 1.29 is 4.79 Å². The Hall–Kier alpha value is -2.33. The first-order valence-electron chi connectivity index (χ1n) is 10.9. The van der Waals surface area contributed by atoms with Gasteiger partial charge in [0.05, 0.1) is 0 Å². The van der Waals surface area contributed by atoms with Gasteiger partial charge in [-0.2, -0.15) is 0 Å². The van der Waals surface area contributed by atoms with E-state index in [-0.39, 0.29) is 6.03 Å². The molecular weight excluding hydrogens is 358 g/mol. The molecule has 1 unspecified atom stereocenters. The number of urea groups is 1. The summed E-state index contributed by atoms with van der Waals surface area (Å²) in [5.74, 6) is 0. The lowest BCUT2D eigenvalue weighted by Gasteiger charge is -2.62. The van der Waals surface area contributed by atoms with Crippen molar-refractivity contribution in [1.82, 2.24) is 15.1 Å². The molecule has 0 saturated carbocycles. The maximum absolute atomic E-state index is 12.7. The number of piperidine rings is 1. The quantitative estimate of drug-likeness (QED) is 0.816. The van der Waals surface area contributed by atoms with E-state index in [9.17, 15) is 4.79 Å². The monoisotopic (exact) mass is 391 g/mol. The molecule has 1 spiro atoms. The molecule has 0 aromatic heterocycles. The lowest BCUT2D eigenvalue weighted by Crippen LogP contribution is -2.64. The first-order chi connectivity index (χ1) is 14.0.